The molecule has 0 N–H and O–H groups in total. The zero-order valence-corrected chi connectivity index (χ0v) is 13.7. The third kappa shape index (κ3) is 3.65. The number of ether oxygens (including phenoxy) is 1. The summed E-state index contributed by atoms with van der Waals surface area (Å²) in [5, 5.41) is 0. The summed E-state index contributed by atoms with van der Waals surface area (Å²) in [5.41, 5.74) is -2.64. The zero-order chi connectivity index (χ0) is 17.0. The molecule has 0 aliphatic heterocycles. The first-order valence-electron chi connectivity index (χ1n) is 6.83. The Labute approximate surface area is 125 Å². The van der Waals surface area contributed by atoms with Crippen LogP contribution in [-0.4, -0.2) is 29.9 Å². The highest BCUT2D eigenvalue weighted by atomic mass is 16.5. The lowest BCUT2D eigenvalue weighted by Crippen LogP contribution is -2.42. The Balaban J connectivity index is 5.64. The SMILES string of the molecule is C=C(CC(C)(C(C)=O)C(C)=O)C(C)(C(C)=O)C(=O)OCC. The van der Waals surface area contributed by atoms with Crippen LogP contribution in [-0.2, 0) is 23.9 Å². The second-order valence-electron chi connectivity index (χ2n) is 5.63. The van der Waals surface area contributed by atoms with Gasteiger partial charge in [-0.1, -0.05) is 12.2 Å². The van der Waals surface area contributed by atoms with Gasteiger partial charge in [0, 0.05) is 0 Å². The number of hydrogen-bond donors (Lipinski definition) is 0. The van der Waals surface area contributed by atoms with Crippen LogP contribution in [0.5, 0.6) is 0 Å². The lowest BCUT2D eigenvalue weighted by molar-refractivity contribution is -0.156. The second-order valence-corrected chi connectivity index (χ2v) is 5.63. The summed E-state index contributed by atoms with van der Waals surface area (Å²) in [4.78, 5) is 47.6. The van der Waals surface area contributed by atoms with Crippen LogP contribution in [0.15, 0.2) is 12.2 Å². The van der Waals surface area contributed by atoms with Gasteiger partial charge < -0.3 is 4.74 Å². The molecule has 0 heterocycles. The lowest BCUT2D eigenvalue weighted by Gasteiger charge is -2.32. The maximum absolute atomic E-state index is 12.1. The molecule has 0 bridgehead atoms. The van der Waals surface area contributed by atoms with Crippen molar-refractivity contribution in [2.75, 3.05) is 6.61 Å². The average Bonchev–Trinajstić information content (AvgIpc) is 2.36. The molecule has 1 atom stereocenters. The lowest BCUT2D eigenvalue weighted by atomic mass is 9.69. The van der Waals surface area contributed by atoms with Crippen molar-refractivity contribution in [3.05, 3.63) is 12.2 Å². The number of Topliss-reactive ketones (excluding diaryl/α,β-unsaturated/α-hetero) is 3. The highest BCUT2D eigenvalue weighted by molar-refractivity contribution is 6.07. The summed E-state index contributed by atoms with van der Waals surface area (Å²) in [5.74, 6) is -1.80. The van der Waals surface area contributed by atoms with Crippen molar-refractivity contribution >= 4 is 23.3 Å². The minimum Gasteiger partial charge on any atom is -0.465 e. The third-order valence-electron chi connectivity index (χ3n) is 4.22. The van der Waals surface area contributed by atoms with Gasteiger partial charge in [-0.25, -0.2) is 0 Å². The molecule has 5 heteroatoms. The van der Waals surface area contributed by atoms with Gasteiger partial charge in [0.1, 0.15) is 17.0 Å². The molecule has 0 spiro atoms. The number of carbonyl (C=O) groups excluding carboxylic acids is 4. The maximum atomic E-state index is 12.1. The average molecular weight is 296 g/mol. The van der Waals surface area contributed by atoms with E-state index in [9.17, 15) is 19.2 Å². The van der Waals surface area contributed by atoms with Gasteiger partial charge in [0.2, 0.25) is 0 Å². The van der Waals surface area contributed by atoms with Gasteiger partial charge in [-0.2, -0.15) is 0 Å². The van der Waals surface area contributed by atoms with Gasteiger partial charge in [0.25, 0.3) is 0 Å². The van der Waals surface area contributed by atoms with Crippen LogP contribution in [0, 0.1) is 10.8 Å². The first-order chi connectivity index (χ1) is 9.44. The third-order valence-corrected chi connectivity index (χ3v) is 4.22. The van der Waals surface area contributed by atoms with Crippen LogP contribution in [0.25, 0.3) is 0 Å². The second kappa shape index (κ2) is 6.78. The topological polar surface area (TPSA) is 77.5 Å². The van der Waals surface area contributed by atoms with Crippen LogP contribution >= 0.6 is 0 Å². The van der Waals surface area contributed by atoms with Crippen LogP contribution in [0.3, 0.4) is 0 Å². The van der Waals surface area contributed by atoms with Gasteiger partial charge in [-0.15, -0.1) is 0 Å². The Bertz CT molecular complexity index is 475. The zero-order valence-electron chi connectivity index (χ0n) is 13.7. The molecule has 0 radical (unpaired) electrons. The van der Waals surface area contributed by atoms with E-state index < -0.39 is 22.6 Å². The molecule has 1 unspecified atom stereocenters. The first kappa shape index (κ1) is 19.2. The quantitative estimate of drug-likeness (QED) is 0.390. The molecule has 21 heavy (non-hydrogen) atoms. The highest BCUT2D eigenvalue weighted by Gasteiger charge is 2.46. The van der Waals surface area contributed by atoms with Gasteiger partial charge in [0.05, 0.1) is 12.0 Å². The fourth-order valence-corrected chi connectivity index (χ4v) is 1.91. The Hall–Kier alpha value is -1.78. The molecule has 0 amide bonds. The first-order valence-corrected chi connectivity index (χ1v) is 6.83. The normalized spacial score (nSPS) is 14.0. The number of ketones is 3. The molecule has 0 saturated carbocycles. The molecule has 0 fully saturated rings. The van der Waals surface area contributed by atoms with E-state index in [1.54, 1.807) is 6.92 Å². The molecular weight excluding hydrogens is 272 g/mol. The fourth-order valence-electron chi connectivity index (χ4n) is 1.91. The van der Waals surface area contributed by atoms with Crippen LogP contribution in [0.2, 0.25) is 0 Å². The number of carbonyl (C=O) groups is 4. The Kier molecular flexibility index (Phi) is 6.21. The maximum Gasteiger partial charge on any atom is 0.323 e. The number of hydrogen-bond acceptors (Lipinski definition) is 5. The van der Waals surface area contributed by atoms with Gasteiger partial charge in [0.15, 0.2) is 5.78 Å². The van der Waals surface area contributed by atoms with E-state index >= 15 is 0 Å². The molecule has 0 aromatic carbocycles. The van der Waals surface area contributed by atoms with E-state index in [1.807, 2.05) is 0 Å². The van der Waals surface area contributed by atoms with E-state index in [1.165, 1.54) is 34.6 Å². The predicted octanol–water partition coefficient (Wildman–Crippen LogP) is 2.28. The van der Waals surface area contributed by atoms with Crippen molar-refractivity contribution in [3.63, 3.8) is 0 Å². The standard InChI is InChI=1S/C16H24O5/c1-8-21-14(20)16(7,13(5)19)10(2)9-15(6,11(3)17)12(4)18/h2,8-9H2,1,3-7H3. The number of esters is 1. The van der Waals surface area contributed by atoms with Crippen molar-refractivity contribution < 1.29 is 23.9 Å². The monoisotopic (exact) mass is 296 g/mol. The summed E-state index contributed by atoms with van der Waals surface area (Å²) >= 11 is 0. The Morgan fingerprint density at radius 1 is 0.952 bits per heavy atom. The van der Waals surface area contributed by atoms with E-state index in [2.05, 4.69) is 6.58 Å². The minimum absolute atomic E-state index is 0.0629. The highest BCUT2D eigenvalue weighted by Crippen LogP contribution is 2.38. The van der Waals surface area contributed by atoms with E-state index in [4.69, 9.17) is 4.74 Å². The summed E-state index contributed by atoms with van der Waals surface area (Å²) in [6.07, 6.45) is -0.0629. The van der Waals surface area contributed by atoms with Crippen molar-refractivity contribution in [1.29, 1.82) is 0 Å². The Morgan fingerprint density at radius 3 is 1.67 bits per heavy atom. The molecule has 0 saturated heterocycles. The molecule has 0 rings (SSSR count). The minimum atomic E-state index is -1.55. The smallest absolute Gasteiger partial charge is 0.323 e. The van der Waals surface area contributed by atoms with Crippen molar-refractivity contribution in [2.24, 2.45) is 10.8 Å². The van der Waals surface area contributed by atoms with Gasteiger partial charge in [-0.3, -0.25) is 19.2 Å². The molecular formula is C16H24O5. The van der Waals surface area contributed by atoms with Crippen molar-refractivity contribution in [2.45, 2.75) is 48.0 Å². The van der Waals surface area contributed by atoms with Crippen LogP contribution < -0.4 is 0 Å². The molecule has 0 aromatic rings. The van der Waals surface area contributed by atoms with Crippen LogP contribution in [0.1, 0.15) is 48.0 Å². The van der Waals surface area contributed by atoms with Gasteiger partial charge >= 0.3 is 5.97 Å². The molecule has 5 nitrogen and oxygen atoms in total. The van der Waals surface area contributed by atoms with Crippen LogP contribution in [0.4, 0.5) is 0 Å². The summed E-state index contributed by atoms with van der Waals surface area (Å²) in [6, 6.07) is 0. The summed E-state index contributed by atoms with van der Waals surface area (Å²) < 4.78 is 4.93. The largest absolute Gasteiger partial charge is 0.465 e. The van der Waals surface area contributed by atoms with Gasteiger partial charge in [-0.05, 0) is 48.0 Å². The molecule has 0 aliphatic carbocycles. The number of rotatable bonds is 8. The molecule has 0 aliphatic rings. The fraction of sp³-hybridized carbons (Fsp3) is 0.625. The van der Waals surface area contributed by atoms with E-state index in [-0.39, 0.29) is 30.2 Å². The Morgan fingerprint density at radius 2 is 1.38 bits per heavy atom. The summed E-state index contributed by atoms with van der Waals surface area (Å²) in [7, 11) is 0. The van der Waals surface area contributed by atoms with Crippen molar-refractivity contribution in [1.82, 2.24) is 0 Å². The predicted molar refractivity (Wildman–Crippen MR) is 78.6 cm³/mol. The van der Waals surface area contributed by atoms with E-state index in [0.29, 0.717) is 0 Å². The van der Waals surface area contributed by atoms with E-state index in [0.717, 1.165) is 0 Å². The molecule has 0 aromatic heterocycles. The molecule has 118 valence electrons. The summed E-state index contributed by atoms with van der Waals surface area (Å²) in [6.45, 7) is 12.3. The van der Waals surface area contributed by atoms with Crippen molar-refractivity contribution in [3.8, 4) is 0 Å².